The molecule has 2 heterocycles. The average Bonchev–Trinajstić information content (AvgIpc) is 3.10. The zero-order valence-corrected chi connectivity index (χ0v) is 13.4. The minimum Gasteiger partial charge on any atom is -0.329 e. The van der Waals surface area contributed by atoms with E-state index in [-0.39, 0.29) is 0 Å². The van der Waals surface area contributed by atoms with Crippen molar-refractivity contribution < 1.29 is 0 Å². The molecule has 4 nitrogen and oxygen atoms in total. The molecule has 1 unspecified atom stereocenters. The van der Waals surface area contributed by atoms with Gasteiger partial charge in [0, 0.05) is 38.1 Å². The monoisotopic (exact) mass is 296 g/mol. The highest BCUT2D eigenvalue weighted by atomic mass is 15.2. The van der Waals surface area contributed by atoms with Crippen LogP contribution >= 0.6 is 0 Å². The van der Waals surface area contributed by atoms with Gasteiger partial charge in [-0.2, -0.15) is 0 Å². The van der Waals surface area contributed by atoms with E-state index in [1.54, 1.807) is 0 Å². The molecule has 1 N–H and O–H groups in total. The number of likely N-dealkylation sites (N-methyl/N-ethyl adjacent to an activating group) is 1. The molecule has 0 spiro atoms. The number of hydrogen-bond acceptors (Lipinski definition) is 4. The van der Waals surface area contributed by atoms with Crippen molar-refractivity contribution in [3.8, 4) is 0 Å². The van der Waals surface area contributed by atoms with Crippen LogP contribution < -0.4 is 10.2 Å². The summed E-state index contributed by atoms with van der Waals surface area (Å²) < 4.78 is 0. The smallest absolute Gasteiger partial charge is 0.132 e. The highest BCUT2D eigenvalue weighted by Crippen LogP contribution is 2.21. The fourth-order valence-electron chi connectivity index (χ4n) is 2.93. The van der Waals surface area contributed by atoms with Gasteiger partial charge in [-0.1, -0.05) is 24.3 Å². The van der Waals surface area contributed by atoms with E-state index in [1.807, 2.05) is 31.4 Å². The Morgan fingerprint density at radius 3 is 2.59 bits per heavy atom. The van der Waals surface area contributed by atoms with Crippen LogP contribution in [-0.2, 0) is 6.54 Å². The first-order chi connectivity index (χ1) is 10.7. The Balaban J connectivity index is 1.65. The van der Waals surface area contributed by atoms with Crippen molar-refractivity contribution in [1.29, 1.82) is 0 Å². The topological polar surface area (TPSA) is 31.4 Å². The van der Waals surface area contributed by atoms with E-state index in [4.69, 9.17) is 0 Å². The van der Waals surface area contributed by atoms with Crippen LogP contribution in [0.25, 0.3) is 0 Å². The van der Waals surface area contributed by atoms with Gasteiger partial charge >= 0.3 is 0 Å². The molecule has 4 heteroatoms. The van der Waals surface area contributed by atoms with E-state index in [9.17, 15) is 0 Å². The zero-order chi connectivity index (χ0) is 15.4. The summed E-state index contributed by atoms with van der Waals surface area (Å²) in [6, 6.07) is 15.2. The van der Waals surface area contributed by atoms with Crippen LogP contribution in [-0.4, -0.2) is 43.1 Å². The minimum absolute atomic E-state index is 0.645. The fraction of sp³-hybridized carbons (Fsp3) is 0.389. The second-order valence-electron chi connectivity index (χ2n) is 5.98. The molecule has 1 aromatic heterocycles. The second kappa shape index (κ2) is 6.90. The summed E-state index contributed by atoms with van der Waals surface area (Å²) in [6.07, 6.45) is 3.23. The van der Waals surface area contributed by atoms with Crippen LogP contribution in [0.5, 0.6) is 0 Å². The number of anilines is 2. The first-order valence-electron chi connectivity index (χ1n) is 7.89. The molecule has 0 radical (unpaired) electrons. The lowest BCUT2D eigenvalue weighted by Crippen LogP contribution is -2.32. The number of hydrogen-bond donors (Lipinski definition) is 1. The molecule has 116 valence electrons. The van der Waals surface area contributed by atoms with Gasteiger partial charge in [0.25, 0.3) is 0 Å². The van der Waals surface area contributed by atoms with E-state index in [0.717, 1.165) is 31.1 Å². The molecular weight excluding hydrogens is 272 g/mol. The molecule has 1 aliphatic rings. The first-order valence-corrected chi connectivity index (χ1v) is 7.89. The highest BCUT2D eigenvalue weighted by Gasteiger charge is 2.19. The number of nitrogens with zero attached hydrogens (tertiary/aromatic N) is 3. The van der Waals surface area contributed by atoms with Crippen LogP contribution in [0, 0.1) is 0 Å². The number of benzene rings is 1. The molecule has 0 amide bonds. The molecular formula is C18H24N4. The molecule has 2 aromatic rings. The van der Waals surface area contributed by atoms with Crippen LogP contribution in [0.4, 0.5) is 11.5 Å². The van der Waals surface area contributed by atoms with Crippen molar-refractivity contribution >= 4 is 11.5 Å². The molecule has 1 atom stereocenters. The van der Waals surface area contributed by atoms with Gasteiger partial charge in [-0.05, 0) is 43.8 Å². The Hall–Kier alpha value is -1.91. The van der Waals surface area contributed by atoms with Crippen molar-refractivity contribution in [3.63, 3.8) is 0 Å². The molecule has 22 heavy (non-hydrogen) atoms. The number of nitrogens with one attached hydrogen (secondary N) is 1. The quantitative estimate of drug-likeness (QED) is 0.919. The lowest BCUT2D eigenvalue weighted by molar-refractivity contribution is 0.248. The molecule has 1 saturated heterocycles. The van der Waals surface area contributed by atoms with Gasteiger partial charge in [0.15, 0.2) is 0 Å². The largest absolute Gasteiger partial charge is 0.329 e. The van der Waals surface area contributed by atoms with E-state index >= 15 is 0 Å². The van der Waals surface area contributed by atoms with Gasteiger partial charge in [0.05, 0.1) is 0 Å². The Labute approximate surface area is 132 Å². The van der Waals surface area contributed by atoms with Gasteiger partial charge in [-0.15, -0.1) is 0 Å². The van der Waals surface area contributed by atoms with Crippen LogP contribution in [0.2, 0.25) is 0 Å². The predicted octanol–water partition coefficient (Wildman–Crippen LogP) is 2.64. The lowest BCUT2D eigenvalue weighted by atomic mass is 10.2. The fourth-order valence-corrected chi connectivity index (χ4v) is 2.93. The van der Waals surface area contributed by atoms with Gasteiger partial charge in [-0.3, -0.25) is 4.90 Å². The Morgan fingerprint density at radius 2 is 1.95 bits per heavy atom. The van der Waals surface area contributed by atoms with Gasteiger partial charge in [-0.25, -0.2) is 4.98 Å². The highest BCUT2D eigenvalue weighted by molar-refractivity contribution is 5.58. The third-order valence-corrected chi connectivity index (χ3v) is 4.39. The van der Waals surface area contributed by atoms with Crippen LogP contribution in [0.1, 0.15) is 12.0 Å². The van der Waals surface area contributed by atoms with Crippen LogP contribution in [0.3, 0.4) is 0 Å². The maximum Gasteiger partial charge on any atom is 0.132 e. The zero-order valence-electron chi connectivity index (χ0n) is 13.4. The van der Waals surface area contributed by atoms with Crippen molar-refractivity contribution in [2.75, 3.05) is 32.1 Å². The standard InChI is InChI=1S/C18H24N4/c1-21(17-10-11-19-13-17)14-15-8-9-18(20-12-15)22(2)16-6-4-3-5-7-16/h3-9,12,17,19H,10-11,13-14H2,1-2H3. The SMILES string of the molecule is CN(c1ccccc1)c1ccc(CN(C)C2CCNC2)cn1. The van der Waals surface area contributed by atoms with Gasteiger partial charge in [0.2, 0.25) is 0 Å². The summed E-state index contributed by atoms with van der Waals surface area (Å²) in [5.74, 6) is 0.972. The number of rotatable bonds is 5. The molecule has 1 aromatic carbocycles. The molecule has 0 bridgehead atoms. The molecule has 0 saturated carbocycles. The normalized spacial score (nSPS) is 17.9. The summed E-state index contributed by atoms with van der Waals surface area (Å²) in [5.41, 5.74) is 2.41. The number of aromatic nitrogens is 1. The van der Waals surface area contributed by atoms with Gasteiger partial charge < -0.3 is 10.2 Å². The Kier molecular flexibility index (Phi) is 4.71. The van der Waals surface area contributed by atoms with E-state index in [0.29, 0.717) is 6.04 Å². The Bertz CT molecular complexity index is 576. The average molecular weight is 296 g/mol. The van der Waals surface area contributed by atoms with Crippen molar-refractivity contribution in [1.82, 2.24) is 15.2 Å². The minimum atomic E-state index is 0.645. The summed E-state index contributed by atoms with van der Waals surface area (Å²) in [4.78, 5) is 9.14. The maximum absolute atomic E-state index is 4.62. The van der Waals surface area contributed by atoms with Crippen molar-refractivity contribution in [2.45, 2.75) is 19.0 Å². The van der Waals surface area contributed by atoms with Crippen molar-refractivity contribution in [3.05, 3.63) is 54.2 Å². The molecule has 3 rings (SSSR count). The Morgan fingerprint density at radius 1 is 1.14 bits per heavy atom. The van der Waals surface area contributed by atoms with Crippen LogP contribution in [0.15, 0.2) is 48.7 Å². The number of para-hydroxylation sites is 1. The molecule has 1 aliphatic heterocycles. The molecule has 1 fully saturated rings. The first kappa shape index (κ1) is 15.0. The third kappa shape index (κ3) is 3.46. The summed E-state index contributed by atoms with van der Waals surface area (Å²) in [7, 11) is 4.25. The van der Waals surface area contributed by atoms with Crippen molar-refractivity contribution in [2.24, 2.45) is 0 Å². The van der Waals surface area contributed by atoms with E-state index in [2.05, 4.69) is 51.4 Å². The summed E-state index contributed by atoms with van der Waals surface area (Å²) in [6.45, 7) is 3.18. The van der Waals surface area contributed by atoms with Gasteiger partial charge in [0.1, 0.15) is 5.82 Å². The third-order valence-electron chi connectivity index (χ3n) is 4.39. The number of pyridine rings is 1. The summed E-state index contributed by atoms with van der Waals surface area (Å²) in [5, 5.41) is 3.42. The van der Waals surface area contributed by atoms with E-state index < -0.39 is 0 Å². The maximum atomic E-state index is 4.62. The summed E-state index contributed by atoms with van der Waals surface area (Å²) >= 11 is 0. The second-order valence-corrected chi connectivity index (χ2v) is 5.98. The molecule has 0 aliphatic carbocycles. The lowest BCUT2D eigenvalue weighted by Gasteiger charge is -2.24. The van der Waals surface area contributed by atoms with E-state index in [1.165, 1.54) is 12.0 Å². The predicted molar refractivity (Wildman–Crippen MR) is 91.5 cm³/mol.